The van der Waals surface area contributed by atoms with Gasteiger partial charge >= 0.3 is 5.97 Å². The molecule has 0 aliphatic rings. The molecule has 18 heavy (non-hydrogen) atoms. The molecule has 0 radical (unpaired) electrons. The molecule has 0 spiro atoms. The van der Waals surface area contributed by atoms with Crippen LogP contribution in [-0.4, -0.2) is 29.4 Å². The predicted octanol–water partition coefficient (Wildman–Crippen LogP) is 2.43. The minimum absolute atomic E-state index is 0.349. The summed E-state index contributed by atoms with van der Waals surface area (Å²) in [5.41, 5.74) is 5.00. The zero-order valence-electron chi connectivity index (χ0n) is 10.4. The maximum Gasteiger partial charge on any atom is 0.337 e. The van der Waals surface area contributed by atoms with Crippen molar-refractivity contribution in [1.82, 2.24) is 5.43 Å². The van der Waals surface area contributed by atoms with Crippen molar-refractivity contribution in [1.29, 1.82) is 0 Å². The summed E-state index contributed by atoms with van der Waals surface area (Å²) in [5, 5.41) is 4.15. The maximum absolute atomic E-state index is 11.3. The van der Waals surface area contributed by atoms with Gasteiger partial charge < -0.3 is 4.74 Å². The highest BCUT2D eigenvalue weighted by molar-refractivity contribution is 8.22. The SMILES string of the molecule is COC(=O)c1ccc(/C(C)=N/NC(=S)SC)cc1. The number of carbonyl (C=O) groups is 1. The summed E-state index contributed by atoms with van der Waals surface area (Å²) in [4.78, 5) is 11.3. The molecule has 1 aromatic rings. The van der Waals surface area contributed by atoms with Crippen LogP contribution in [0.15, 0.2) is 29.4 Å². The van der Waals surface area contributed by atoms with Gasteiger partial charge in [-0.1, -0.05) is 36.1 Å². The van der Waals surface area contributed by atoms with Gasteiger partial charge in [0.25, 0.3) is 0 Å². The minimum Gasteiger partial charge on any atom is -0.465 e. The molecule has 0 bridgehead atoms. The van der Waals surface area contributed by atoms with Crippen molar-refractivity contribution >= 4 is 40.0 Å². The van der Waals surface area contributed by atoms with Crippen LogP contribution in [0.1, 0.15) is 22.8 Å². The summed E-state index contributed by atoms with van der Waals surface area (Å²) in [6.45, 7) is 1.86. The number of benzene rings is 1. The van der Waals surface area contributed by atoms with Gasteiger partial charge in [0.05, 0.1) is 18.4 Å². The first kappa shape index (κ1) is 14.7. The van der Waals surface area contributed by atoms with E-state index in [-0.39, 0.29) is 5.97 Å². The summed E-state index contributed by atoms with van der Waals surface area (Å²) in [5.74, 6) is -0.349. The van der Waals surface area contributed by atoms with Gasteiger partial charge in [-0.3, -0.25) is 5.43 Å². The van der Waals surface area contributed by atoms with Crippen molar-refractivity contribution in [3.05, 3.63) is 35.4 Å². The van der Waals surface area contributed by atoms with Crippen LogP contribution in [0.3, 0.4) is 0 Å². The number of esters is 1. The van der Waals surface area contributed by atoms with E-state index in [0.717, 1.165) is 11.3 Å². The summed E-state index contributed by atoms with van der Waals surface area (Å²) in [6, 6.07) is 7.03. The first-order valence-corrected chi connectivity index (χ1v) is 6.78. The molecule has 0 saturated carbocycles. The number of carbonyl (C=O) groups excluding carboxylic acids is 1. The van der Waals surface area contributed by atoms with Gasteiger partial charge in [-0.25, -0.2) is 4.79 Å². The Kier molecular flexibility index (Phi) is 5.80. The predicted molar refractivity (Wildman–Crippen MR) is 79.2 cm³/mol. The molecule has 96 valence electrons. The quantitative estimate of drug-likeness (QED) is 0.399. The Morgan fingerprint density at radius 1 is 1.33 bits per heavy atom. The van der Waals surface area contributed by atoms with E-state index in [9.17, 15) is 4.79 Å². The number of rotatable bonds is 3. The van der Waals surface area contributed by atoms with Crippen LogP contribution >= 0.6 is 24.0 Å². The first-order chi connectivity index (χ1) is 8.58. The van der Waals surface area contributed by atoms with Crippen molar-refractivity contribution in [2.45, 2.75) is 6.92 Å². The van der Waals surface area contributed by atoms with Crippen molar-refractivity contribution in [3.8, 4) is 0 Å². The molecule has 0 aliphatic carbocycles. The smallest absolute Gasteiger partial charge is 0.337 e. The molecular weight excluding hydrogens is 268 g/mol. The lowest BCUT2D eigenvalue weighted by molar-refractivity contribution is 0.0601. The maximum atomic E-state index is 11.3. The number of thiocarbonyl (C=S) groups is 1. The third-order valence-corrected chi connectivity index (χ3v) is 3.28. The van der Waals surface area contributed by atoms with Crippen LogP contribution in [0.2, 0.25) is 0 Å². The second-order valence-corrected chi connectivity index (χ2v) is 4.85. The van der Waals surface area contributed by atoms with Gasteiger partial charge in [0.1, 0.15) is 0 Å². The van der Waals surface area contributed by atoms with Crippen LogP contribution in [0.4, 0.5) is 0 Å². The molecule has 1 N–H and O–H groups in total. The number of thioether (sulfide) groups is 1. The summed E-state index contributed by atoms with van der Waals surface area (Å²) in [7, 11) is 1.36. The highest BCUT2D eigenvalue weighted by Gasteiger charge is 2.05. The van der Waals surface area contributed by atoms with E-state index in [2.05, 4.69) is 15.3 Å². The summed E-state index contributed by atoms with van der Waals surface area (Å²) >= 11 is 6.40. The molecule has 0 saturated heterocycles. The largest absolute Gasteiger partial charge is 0.465 e. The monoisotopic (exact) mass is 282 g/mol. The van der Waals surface area contributed by atoms with Crippen molar-refractivity contribution in [3.63, 3.8) is 0 Å². The third kappa shape index (κ3) is 4.12. The third-order valence-electron chi connectivity index (χ3n) is 2.22. The van der Waals surface area contributed by atoms with Crippen LogP contribution in [0.5, 0.6) is 0 Å². The zero-order valence-corrected chi connectivity index (χ0v) is 12.0. The number of hydrogen-bond acceptors (Lipinski definition) is 5. The molecule has 0 unspecified atom stereocenters. The normalized spacial score (nSPS) is 10.9. The molecule has 4 nitrogen and oxygen atoms in total. The summed E-state index contributed by atoms with van der Waals surface area (Å²) < 4.78 is 5.24. The van der Waals surface area contributed by atoms with Gasteiger partial charge in [0, 0.05) is 0 Å². The Labute approximate surface area is 116 Å². The van der Waals surface area contributed by atoms with Gasteiger partial charge in [-0.2, -0.15) is 5.10 Å². The Morgan fingerprint density at radius 2 is 1.89 bits per heavy atom. The highest BCUT2D eigenvalue weighted by Crippen LogP contribution is 2.07. The van der Waals surface area contributed by atoms with Gasteiger partial charge in [0.2, 0.25) is 0 Å². The Hall–Kier alpha value is -1.40. The van der Waals surface area contributed by atoms with Crippen LogP contribution in [0.25, 0.3) is 0 Å². The van der Waals surface area contributed by atoms with Crippen LogP contribution in [-0.2, 0) is 4.74 Å². The zero-order chi connectivity index (χ0) is 13.5. The van der Waals surface area contributed by atoms with Crippen LogP contribution in [0, 0.1) is 0 Å². The van der Waals surface area contributed by atoms with E-state index in [4.69, 9.17) is 12.2 Å². The average molecular weight is 282 g/mol. The minimum atomic E-state index is -0.349. The lowest BCUT2D eigenvalue weighted by Gasteiger charge is -2.04. The van der Waals surface area contributed by atoms with E-state index in [0.29, 0.717) is 9.88 Å². The van der Waals surface area contributed by atoms with E-state index in [1.54, 1.807) is 12.1 Å². The number of hydrogen-bond donors (Lipinski definition) is 1. The number of nitrogens with zero attached hydrogens (tertiary/aromatic N) is 1. The van der Waals surface area contributed by atoms with E-state index in [1.807, 2.05) is 25.3 Å². The van der Waals surface area contributed by atoms with Crippen LogP contribution < -0.4 is 5.43 Å². The topological polar surface area (TPSA) is 50.7 Å². The molecule has 0 heterocycles. The Bertz CT molecular complexity index is 469. The number of hydrazone groups is 1. The van der Waals surface area contributed by atoms with Gasteiger partial charge in [0.15, 0.2) is 4.32 Å². The molecule has 0 aliphatic heterocycles. The van der Waals surface area contributed by atoms with E-state index >= 15 is 0 Å². The average Bonchev–Trinajstić information content (AvgIpc) is 2.43. The van der Waals surface area contributed by atoms with Crippen molar-refractivity contribution < 1.29 is 9.53 Å². The molecule has 0 amide bonds. The molecule has 0 atom stereocenters. The Balaban J connectivity index is 2.78. The number of methoxy groups -OCH3 is 1. The fraction of sp³-hybridized carbons (Fsp3) is 0.250. The molecule has 6 heteroatoms. The number of nitrogens with one attached hydrogen (secondary N) is 1. The van der Waals surface area contributed by atoms with Gasteiger partial charge in [-0.05, 0) is 30.9 Å². The second kappa shape index (κ2) is 7.13. The molecular formula is C12H14N2O2S2. The fourth-order valence-electron chi connectivity index (χ4n) is 1.21. The van der Waals surface area contributed by atoms with Gasteiger partial charge in [-0.15, -0.1) is 0 Å². The van der Waals surface area contributed by atoms with E-state index in [1.165, 1.54) is 18.9 Å². The summed E-state index contributed by atoms with van der Waals surface area (Å²) in [6.07, 6.45) is 1.88. The number of ether oxygens (including phenoxy) is 1. The second-order valence-electron chi connectivity index (χ2n) is 3.37. The fourth-order valence-corrected chi connectivity index (χ4v) is 1.39. The van der Waals surface area contributed by atoms with E-state index < -0.39 is 0 Å². The molecule has 1 rings (SSSR count). The first-order valence-electron chi connectivity index (χ1n) is 5.15. The molecule has 0 fully saturated rings. The lowest BCUT2D eigenvalue weighted by Crippen LogP contribution is -2.13. The lowest BCUT2D eigenvalue weighted by atomic mass is 10.1. The molecule has 1 aromatic carbocycles. The standard InChI is InChI=1S/C12H14N2O2S2/c1-8(13-14-12(17)18-3)9-4-6-10(7-5-9)11(15)16-2/h4-7H,1-3H3,(H,14,17)/b13-8+. The Morgan fingerprint density at radius 3 is 2.39 bits per heavy atom. The van der Waals surface area contributed by atoms with Crippen molar-refractivity contribution in [2.24, 2.45) is 5.10 Å². The molecule has 0 aromatic heterocycles. The van der Waals surface area contributed by atoms with Crippen molar-refractivity contribution in [2.75, 3.05) is 13.4 Å². The highest BCUT2D eigenvalue weighted by atomic mass is 32.2.